The highest BCUT2D eigenvalue weighted by molar-refractivity contribution is 14.0. The highest BCUT2D eigenvalue weighted by Crippen LogP contribution is 2.28. The second kappa shape index (κ2) is 8.92. The van der Waals surface area contributed by atoms with Crippen LogP contribution in [0.2, 0.25) is 0 Å². The molecule has 0 spiro atoms. The van der Waals surface area contributed by atoms with Crippen molar-refractivity contribution in [2.45, 2.75) is 40.0 Å². The van der Waals surface area contributed by atoms with Crippen LogP contribution in [0.15, 0.2) is 35.5 Å². The fraction of sp³-hybridized carbons (Fsp3) is 0.550. The van der Waals surface area contributed by atoms with Gasteiger partial charge in [0.2, 0.25) is 0 Å². The van der Waals surface area contributed by atoms with Gasteiger partial charge in [0.05, 0.1) is 0 Å². The Morgan fingerprint density at radius 1 is 1.32 bits per heavy atom. The smallest absolute Gasteiger partial charge is 0.193 e. The zero-order valence-corrected chi connectivity index (χ0v) is 18.0. The van der Waals surface area contributed by atoms with Gasteiger partial charge in [0, 0.05) is 43.3 Å². The number of hydrogen-bond donors (Lipinski definition) is 2. The number of benzene rings is 1. The Morgan fingerprint density at radius 2 is 2.12 bits per heavy atom. The number of rotatable bonds is 5. The molecule has 2 aromatic rings. The normalized spacial score (nSPS) is 16.9. The Morgan fingerprint density at radius 3 is 2.84 bits per heavy atom. The molecule has 0 atom stereocenters. The third-order valence-corrected chi connectivity index (χ3v) is 4.85. The molecule has 2 N–H and O–H groups in total. The Kier molecular flexibility index (Phi) is 7.16. The number of aromatic amines is 1. The predicted octanol–water partition coefficient (Wildman–Crippen LogP) is 4.42. The summed E-state index contributed by atoms with van der Waals surface area (Å²) in [5.74, 6) is 1.09. The molecule has 1 aromatic carbocycles. The average molecular weight is 454 g/mol. The fourth-order valence-electron chi connectivity index (χ4n) is 3.51. The van der Waals surface area contributed by atoms with Crippen molar-refractivity contribution in [2.24, 2.45) is 10.4 Å². The number of hydrogen-bond acceptors (Lipinski definition) is 1. The van der Waals surface area contributed by atoms with E-state index in [-0.39, 0.29) is 24.0 Å². The van der Waals surface area contributed by atoms with Crippen LogP contribution in [0.3, 0.4) is 0 Å². The molecule has 1 fully saturated rings. The van der Waals surface area contributed by atoms with Crippen LogP contribution in [0.5, 0.6) is 0 Å². The first kappa shape index (κ1) is 20.1. The summed E-state index contributed by atoms with van der Waals surface area (Å²) in [6, 6.07) is 8.51. The second-order valence-electron chi connectivity index (χ2n) is 7.53. The van der Waals surface area contributed by atoms with Crippen molar-refractivity contribution >= 4 is 40.8 Å². The number of aryl methyl sites for hydroxylation is 1. The molecule has 0 aliphatic carbocycles. The van der Waals surface area contributed by atoms with Crippen LogP contribution >= 0.6 is 24.0 Å². The van der Waals surface area contributed by atoms with Gasteiger partial charge >= 0.3 is 0 Å². The molecule has 25 heavy (non-hydrogen) atoms. The van der Waals surface area contributed by atoms with Gasteiger partial charge in [0.1, 0.15) is 0 Å². The third-order valence-electron chi connectivity index (χ3n) is 4.85. The molecule has 2 heterocycles. The highest BCUT2D eigenvalue weighted by Gasteiger charge is 2.30. The molecular formula is C20H31IN4. The molecular weight excluding hydrogens is 423 g/mol. The molecule has 1 aliphatic heterocycles. The van der Waals surface area contributed by atoms with Crippen LogP contribution in [0.25, 0.3) is 10.9 Å². The lowest BCUT2D eigenvalue weighted by Gasteiger charge is -2.23. The first-order valence-corrected chi connectivity index (χ1v) is 9.17. The number of aliphatic imine (C=N–C) groups is 1. The van der Waals surface area contributed by atoms with E-state index in [0.29, 0.717) is 5.41 Å². The zero-order chi connectivity index (χ0) is 17.0. The summed E-state index contributed by atoms with van der Waals surface area (Å²) in [6.45, 7) is 10.8. The van der Waals surface area contributed by atoms with Gasteiger partial charge in [-0.05, 0) is 43.2 Å². The van der Waals surface area contributed by atoms with Gasteiger partial charge in [-0.1, -0.05) is 32.0 Å². The number of guanidine groups is 1. The molecule has 5 heteroatoms. The summed E-state index contributed by atoms with van der Waals surface area (Å²) < 4.78 is 0. The molecule has 0 saturated carbocycles. The van der Waals surface area contributed by atoms with Gasteiger partial charge in [-0.15, -0.1) is 24.0 Å². The van der Waals surface area contributed by atoms with Crippen molar-refractivity contribution in [3.63, 3.8) is 0 Å². The van der Waals surface area contributed by atoms with E-state index in [2.05, 4.69) is 66.4 Å². The monoisotopic (exact) mass is 454 g/mol. The SMILES string of the molecule is CCNC(=NCCCc1c[nH]c2ccccc12)N1CCC(C)(C)C1.I. The Bertz CT molecular complexity index is 705. The van der Waals surface area contributed by atoms with Crippen molar-refractivity contribution in [1.29, 1.82) is 0 Å². The molecule has 4 nitrogen and oxygen atoms in total. The third kappa shape index (κ3) is 5.12. The topological polar surface area (TPSA) is 43.4 Å². The van der Waals surface area contributed by atoms with E-state index in [4.69, 9.17) is 4.99 Å². The molecule has 0 radical (unpaired) electrons. The zero-order valence-electron chi connectivity index (χ0n) is 15.6. The first-order valence-electron chi connectivity index (χ1n) is 9.17. The standard InChI is InChI=1S/C20H30N4.HI/c1-4-21-19(24-13-11-20(2,3)15-24)22-12-7-8-16-14-23-18-10-6-5-9-17(16)18;/h5-6,9-10,14,23H,4,7-8,11-13,15H2,1-3H3,(H,21,22);1H. The molecule has 1 aliphatic rings. The van der Waals surface area contributed by atoms with Gasteiger partial charge in [0.15, 0.2) is 5.96 Å². The van der Waals surface area contributed by atoms with Crippen molar-refractivity contribution in [3.05, 3.63) is 36.0 Å². The van der Waals surface area contributed by atoms with Gasteiger partial charge in [-0.3, -0.25) is 4.99 Å². The Balaban J connectivity index is 0.00000225. The minimum Gasteiger partial charge on any atom is -0.361 e. The summed E-state index contributed by atoms with van der Waals surface area (Å²) >= 11 is 0. The number of nitrogens with zero attached hydrogens (tertiary/aromatic N) is 2. The minimum absolute atomic E-state index is 0. The summed E-state index contributed by atoms with van der Waals surface area (Å²) in [6.07, 6.45) is 5.53. The summed E-state index contributed by atoms with van der Waals surface area (Å²) in [4.78, 5) is 10.6. The van der Waals surface area contributed by atoms with E-state index in [0.717, 1.165) is 45.0 Å². The number of aromatic nitrogens is 1. The summed E-state index contributed by atoms with van der Waals surface area (Å²) in [5, 5.41) is 4.80. The van der Waals surface area contributed by atoms with Crippen molar-refractivity contribution in [1.82, 2.24) is 15.2 Å². The average Bonchev–Trinajstić information content (AvgIpc) is 3.14. The van der Waals surface area contributed by atoms with Gasteiger partial charge in [-0.25, -0.2) is 0 Å². The molecule has 0 bridgehead atoms. The van der Waals surface area contributed by atoms with Crippen LogP contribution in [-0.2, 0) is 6.42 Å². The lowest BCUT2D eigenvalue weighted by atomic mass is 9.93. The summed E-state index contributed by atoms with van der Waals surface area (Å²) in [7, 11) is 0. The minimum atomic E-state index is 0. The number of H-pyrrole nitrogens is 1. The molecule has 0 amide bonds. The van der Waals surface area contributed by atoms with Crippen molar-refractivity contribution < 1.29 is 0 Å². The van der Waals surface area contributed by atoms with E-state index < -0.39 is 0 Å². The first-order chi connectivity index (χ1) is 11.6. The van der Waals surface area contributed by atoms with Crippen LogP contribution in [0.1, 0.15) is 39.2 Å². The molecule has 1 aromatic heterocycles. The quantitative estimate of drug-likeness (QED) is 0.304. The van der Waals surface area contributed by atoms with Crippen molar-refractivity contribution in [3.8, 4) is 0 Å². The number of fused-ring (bicyclic) bond motifs is 1. The Labute approximate surface area is 168 Å². The van der Waals surface area contributed by atoms with Crippen LogP contribution in [0, 0.1) is 5.41 Å². The second-order valence-corrected chi connectivity index (χ2v) is 7.53. The van der Waals surface area contributed by atoms with E-state index in [1.165, 1.54) is 22.9 Å². The molecule has 138 valence electrons. The van der Waals surface area contributed by atoms with Gasteiger partial charge in [0.25, 0.3) is 0 Å². The lowest BCUT2D eigenvalue weighted by molar-refractivity contribution is 0.370. The molecule has 0 unspecified atom stereocenters. The van der Waals surface area contributed by atoms with E-state index >= 15 is 0 Å². The molecule has 1 saturated heterocycles. The number of likely N-dealkylation sites (tertiary alicyclic amines) is 1. The Hall–Kier alpha value is -1.24. The predicted molar refractivity (Wildman–Crippen MR) is 118 cm³/mol. The van der Waals surface area contributed by atoms with E-state index in [1.54, 1.807) is 0 Å². The van der Waals surface area contributed by atoms with Gasteiger partial charge in [-0.2, -0.15) is 0 Å². The van der Waals surface area contributed by atoms with E-state index in [9.17, 15) is 0 Å². The van der Waals surface area contributed by atoms with Crippen molar-refractivity contribution in [2.75, 3.05) is 26.2 Å². The lowest BCUT2D eigenvalue weighted by Crippen LogP contribution is -2.40. The van der Waals surface area contributed by atoms with Crippen LogP contribution in [0.4, 0.5) is 0 Å². The number of nitrogens with one attached hydrogen (secondary N) is 2. The summed E-state index contributed by atoms with van der Waals surface area (Å²) in [5.41, 5.74) is 3.02. The number of halogens is 1. The maximum Gasteiger partial charge on any atom is 0.193 e. The largest absolute Gasteiger partial charge is 0.361 e. The number of para-hydroxylation sites is 1. The van der Waals surface area contributed by atoms with Crippen LogP contribution in [-0.4, -0.2) is 42.0 Å². The van der Waals surface area contributed by atoms with Gasteiger partial charge < -0.3 is 15.2 Å². The van der Waals surface area contributed by atoms with Crippen LogP contribution < -0.4 is 5.32 Å². The maximum atomic E-state index is 4.86. The maximum absolute atomic E-state index is 4.86. The highest BCUT2D eigenvalue weighted by atomic mass is 127. The molecule has 3 rings (SSSR count). The van der Waals surface area contributed by atoms with E-state index in [1.807, 2.05) is 0 Å². The fourth-order valence-corrected chi connectivity index (χ4v) is 3.51.